The highest BCUT2D eigenvalue weighted by atomic mass is 16.5. The zero-order valence-electron chi connectivity index (χ0n) is 10.9. The molecule has 1 heterocycles. The van der Waals surface area contributed by atoms with Crippen LogP contribution in [0.15, 0.2) is 0 Å². The molecule has 2 atom stereocenters. The van der Waals surface area contributed by atoms with E-state index in [4.69, 9.17) is 4.74 Å². The molecular formula is C13H24N2O2. The Bertz CT molecular complexity index is 266. The van der Waals surface area contributed by atoms with Crippen molar-refractivity contribution in [3.63, 3.8) is 0 Å². The monoisotopic (exact) mass is 240 g/mol. The molecule has 2 unspecified atom stereocenters. The number of nitrogens with zero attached hydrogens (tertiary/aromatic N) is 1. The van der Waals surface area contributed by atoms with Crippen LogP contribution in [0.1, 0.15) is 32.6 Å². The summed E-state index contributed by atoms with van der Waals surface area (Å²) in [6.45, 7) is 4.59. The van der Waals surface area contributed by atoms with Gasteiger partial charge < -0.3 is 15.0 Å². The fraction of sp³-hybridized carbons (Fsp3) is 0.923. The lowest BCUT2D eigenvalue weighted by atomic mass is 9.93. The highest BCUT2D eigenvalue weighted by Crippen LogP contribution is 2.28. The molecule has 0 aromatic carbocycles. The average Bonchev–Trinajstić information content (AvgIpc) is 3.14. The molecule has 2 rings (SSSR count). The van der Waals surface area contributed by atoms with Gasteiger partial charge in [0.05, 0.1) is 12.6 Å². The van der Waals surface area contributed by atoms with Crippen LogP contribution in [0.3, 0.4) is 0 Å². The van der Waals surface area contributed by atoms with Crippen molar-refractivity contribution in [3.05, 3.63) is 0 Å². The van der Waals surface area contributed by atoms with Gasteiger partial charge in [-0.3, -0.25) is 4.79 Å². The molecule has 1 aliphatic carbocycles. The van der Waals surface area contributed by atoms with E-state index in [9.17, 15) is 4.79 Å². The zero-order chi connectivity index (χ0) is 12.3. The van der Waals surface area contributed by atoms with Crippen LogP contribution in [0, 0.1) is 5.92 Å². The maximum atomic E-state index is 12.4. The molecular weight excluding hydrogens is 216 g/mol. The molecule has 0 spiro atoms. The molecule has 1 saturated heterocycles. The van der Waals surface area contributed by atoms with Gasteiger partial charge in [0, 0.05) is 19.7 Å². The van der Waals surface area contributed by atoms with Crippen molar-refractivity contribution in [2.45, 2.75) is 44.7 Å². The van der Waals surface area contributed by atoms with Crippen LogP contribution in [-0.4, -0.2) is 49.7 Å². The third kappa shape index (κ3) is 3.42. The minimum Gasteiger partial charge on any atom is -0.383 e. The van der Waals surface area contributed by atoms with Crippen molar-refractivity contribution in [1.82, 2.24) is 10.2 Å². The van der Waals surface area contributed by atoms with Crippen molar-refractivity contribution in [1.29, 1.82) is 0 Å². The quantitative estimate of drug-likeness (QED) is 0.780. The number of amides is 1. The molecule has 1 N–H and O–H groups in total. The number of hydrogen-bond acceptors (Lipinski definition) is 3. The van der Waals surface area contributed by atoms with E-state index >= 15 is 0 Å². The van der Waals surface area contributed by atoms with Crippen LogP contribution < -0.4 is 5.32 Å². The number of carbonyl (C=O) groups excluding carboxylic acids is 1. The minimum absolute atomic E-state index is 0.0382. The van der Waals surface area contributed by atoms with Crippen LogP contribution in [0.25, 0.3) is 0 Å². The van der Waals surface area contributed by atoms with Crippen molar-refractivity contribution in [2.75, 3.05) is 26.8 Å². The first-order valence-corrected chi connectivity index (χ1v) is 6.75. The Morgan fingerprint density at radius 3 is 2.76 bits per heavy atom. The summed E-state index contributed by atoms with van der Waals surface area (Å²) in [7, 11) is 1.69. The topological polar surface area (TPSA) is 41.6 Å². The van der Waals surface area contributed by atoms with Gasteiger partial charge in [-0.25, -0.2) is 0 Å². The van der Waals surface area contributed by atoms with Crippen LogP contribution in [0.5, 0.6) is 0 Å². The van der Waals surface area contributed by atoms with E-state index in [-0.39, 0.29) is 11.9 Å². The van der Waals surface area contributed by atoms with Crippen molar-refractivity contribution in [2.24, 2.45) is 5.92 Å². The van der Waals surface area contributed by atoms with E-state index in [0.717, 1.165) is 32.4 Å². The Morgan fingerprint density at radius 1 is 1.41 bits per heavy atom. The maximum absolute atomic E-state index is 12.4. The third-order valence-corrected chi connectivity index (χ3v) is 3.77. The molecule has 0 aromatic heterocycles. The van der Waals surface area contributed by atoms with Gasteiger partial charge in [0.1, 0.15) is 0 Å². The SMILES string of the molecule is COCCN(C(=O)C1CC(C)CCN1)C1CC1. The molecule has 2 fully saturated rings. The van der Waals surface area contributed by atoms with Crippen LogP contribution in [0.2, 0.25) is 0 Å². The van der Waals surface area contributed by atoms with Gasteiger partial charge in [0.25, 0.3) is 0 Å². The first kappa shape index (κ1) is 12.8. The number of hydrogen-bond donors (Lipinski definition) is 1. The molecule has 1 amide bonds. The molecule has 98 valence electrons. The largest absolute Gasteiger partial charge is 0.383 e. The summed E-state index contributed by atoms with van der Waals surface area (Å²) in [4.78, 5) is 14.5. The van der Waals surface area contributed by atoms with Crippen LogP contribution in [-0.2, 0) is 9.53 Å². The summed E-state index contributed by atoms with van der Waals surface area (Å²) in [6, 6.07) is 0.521. The number of nitrogens with one attached hydrogen (secondary N) is 1. The Balaban J connectivity index is 1.90. The Hall–Kier alpha value is -0.610. The second-order valence-corrected chi connectivity index (χ2v) is 5.39. The molecule has 2 aliphatic rings. The number of carbonyl (C=O) groups is 1. The van der Waals surface area contributed by atoms with Crippen molar-refractivity contribution >= 4 is 5.91 Å². The molecule has 1 aliphatic heterocycles. The van der Waals surface area contributed by atoms with Crippen LogP contribution in [0.4, 0.5) is 0 Å². The van der Waals surface area contributed by atoms with Gasteiger partial charge in [-0.05, 0) is 38.1 Å². The van der Waals surface area contributed by atoms with E-state index in [1.807, 2.05) is 4.90 Å². The maximum Gasteiger partial charge on any atom is 0.240 e. The number of piperidine rings is 1. The minimum atomic E-state index is 0.0382. The smallest absolute Gasteiger partial charge is 0.240 e. The zero-order valence-corrected chi connectivity index (χ0v) is 10.9. The fourth-order valence-electron chi connectivity index (χ4n) is 2.54. The molecule has 0 aromatic rings. The van der Waals surface area contributed by atoms with E-state index in [0.29, 0.717) is 18.6 Å². The summed E-state index contributed by atoms with van der Waals surface area (Å²) in [5, 5.41) is 3.36. The van der Waals surface area contributed by atoms with Gasteiger partial charge in [0.15, 0.2) is 0 Å². The molecule has 4 nitrogen and oxygen atoms in total. The predicted octanol–water partition coefficient (Wildman–Crippen LogP) is 1.01. The first-order chi connectivity index (χ1) is 8.22. The summed E-state index contributed by atoms with van der Waals surface area (Å²) in [6.07, 6.45) is 4.50. The first-order valence-electron chi connectivity index (χ1n) is 6.75. The van der Waals surface area contributed by atoms with E-state index in [1.54, 1.807) is 7.11 Å². The Morgan fingerprint density at radius 2 is 2.18 bits per heavy atom. The fourth-order valence-corrected chi connectivity index (χ4v) is 2.54. The number of methoxy groups -OCH3 is 1. The molecule has 17 heavy (non-hydrogen) atoms. The lowest BCUT2D eigenvalue weighted by Gasteiger charge is -2.32. The van der Waals surface area contributed by atoms with Gasteiger partial charge in [-0.1, -0.05) is 6.92 Å². The van der Waals surface area contributed by atoms with Crippen LogP contribution >= 0.6 is 0 Å². The Kier molecular flexibility index (Phi) is 4.40. The molecule has 4 heteroatoms. The predicted molar refractivity (Wildman–Crippen MR) is 66.8 cm³/mol. The van der Waals surface area contributed by atoms with Crippen molar-refractivity contribution in [3.8, 4) is 0 Å². The van der Waals surface area contributed by atoms with Gasteiger partial charge in [-0.15, -0.1) is 0 Å². The lowest BCUT2D eigenvalue weighted by Crippen LogP contribution is -2.51. The standard InChI is InChI=1S/C13H24N2O2/c1-10-5-6-14-12(9-10)13(16)15(7-8-17-2)11-3-4-11/h10-12,14H,3-9H2,1-2H3. The summed E-state index contributed by atoms with van der Waals surface area (Å²) >= 11 is 0. The number of rotatable bonds is 5. The number of ether oxygens (including phenoxy) is 1. The second kappa shape index (κ2) is 5.83. The summed E-state index contributed by atoms with van der Waals surface area (Å²) in [5.74, 6) is 0.949. The van der Waals surface area contributed by atoms with Gasteiger partial charge in [-0.2, -0.15) is 0 Å². The van der Waals surface area contributed by atoms with E-state index < -0.39 is 0 Å². The van der Waals surface area contributed by atoms with E-state index in [1.165, 1.54) is 6.42 Å². The second-order valence-electron chi connectivity index (χ2n) is 5.39. The lowest BCUT2D eigenvalue weighted by molar-refractivity contribution is -0.135. The average molecular weight is 240 g/mol. The highest BCUT2D eigenvalue weighted by Gasteiger charge is 2.36. The molecule has 1 saturated carbocycles. The third-order valence-electron chi connectivity index (χ3n) is 3.77. The normalized spacial score (nSPS) is 29.1. The van der Waals surface area contributed by atoms with Gasteiger partial charge in [0.2, 0.25) is 5.91 Å². The van der Waals surface area contributed by atoms with Crippen molar-refractivity contribution < 1.29 is 9.53 Å². The van der Waals surface area contributed by atoms with E-state index in [2.05, 4.69) is 12.2 Å². The molecule has 0 bridgehead atoms. The molecule has 0 radical (unpaired) electrons. The van der Waals surface area contributed by atoms with Gasteiger partial charge >= 0.3 is 0 Å². The Labute approximate surface area is 104 Å². The summed E-state index contributed by atoms with van der Waals surface area (Å²) in [5.41, 5.74) is 0. The summed E-state index contributed by atoms with van der Waals surface area (Å²) < 4.78 is 5.09. The highest BCUT2D eigenvalue weighted by molar-refractivity contribution is 5.82.